The van der Waals surface area contributed by atoms with E-state index in [0.29, 0.717) is 17.9 Å². The van der Waals surface area contributed by atoms with Crippen LogP contribution in [0.3, 0.4) is 0 Å². The zero-order valence-corrected chi connectivity index (χ0v) is 13.6. The van der Waals surface area contributed by atoms with Gasteiger partial charge in [-0.05, 0) is 44.0 Å². The first-order valence-corrected chi connectivity index (χ1v) is 8.12. The molecule has 0 spiro atoms. The third-order valence-corrected chi connectivity index (χ3v) is 4.23. The van der Waals surface area contributed by atoms with Crippen LogP contribution in [0.1, 0.15) is 31.4 Å². The van der Waals surface area contributed by atoms with Gasteiger partial charge in [-0.3, -0.25) is 9.48 Å². The molecule has 1 aromatic carbocycles. The predicted molar refractivity (Wildman–Crippen MR) is 88.3 cm³/mol. The predicted octanol–water partition coefficient (Wildman–Crippen LogP) is 2.39. The number of carbonyl (C=O) groups is 1. The molecule has 1 aliphatic heterocycles. The van der Waals surface area contributed by atoms with Gasteiger partial charge in [0.1, 0.15) is 5.75 Å². The molecule has 0 radical (unpaired) electrons. The van der Waals surface area contributed by atoms with Crippen LogP contribution in [0.25, 0.3) is 0 Å². The van der Waals surface area contributed by atoms with E-state index in [-0.39, 0.29) is 11.9 Å². The van der Waals surface area contributed by atoms with Crippen LogP contribution in [0.2, 0.25) is 0 Å². The Kier molecular flexibility index (Phi) is 4.80. The molecule has 0 N–H and O–H groups in total. The minimum absolute atomic E-state index is 0.0331. The quantitative estimate of drug-likeness (QED) is 0.866. The highest BCUT2D eigenvalue weighted by molar-refractivity contribution is 5.81. The molecule has 2 heterocycles. The Bertz CT molecular complexity index is 736. The molecule has 24 heavy (non-hydrogen) atoms. The summed E-state index contributed by atoms with van der Waals surface area (Å²) in [5, 5.41) is 13.2. The fraction of sp³-hybridized carbons (Fsp3) is 0.389. The van der Waals surface area contributed by atoms with Gasteiger partial charge < -0.3 is 9.64 Å². The summed E-state index contributed by atoms with van der Waals surface area (Å²) in [7, 11) is 0. The van der Waals surface area contributed by atoms with Crippen LogP contribution < -0.4 is 4.74 Å². The van der Waals surface area contributed by atoms with E-state index in [1.54, 1.807) is 37.4 Å². The number of aromatic nitrogens is 2. The zero-order chi connectivity index (χ0) is 16.9. The van der Waals surface area contributed by atoms with E-state index in [9.17, 15) is 4.79 Å². The lowest BCUT2D eigenvalue weighted by Crippen LogP contribution is -2.46. The third-order valence-electron chi connectivity index (χ3n) is 4.23. The Balaban J connectivity index is 1.63. The van der Waals surface area contributed by atoms with Gasteiger partial charge in [0, 0.05) is 25.5 Å². The second-order valence-electron chi connectivity index (χ2n) is 5.97. The number of amides is 1. The molecule has 0 aliphatic carbocycles. The van der Waals surface area contributed by atoms with Crippen LogP contribution in [0, 0.1) is 11.3 Å². The molecule has 0 unspecified atom stereocenters. The Morgan fingerprint density at radius 3 is 3.08 bits per heavy atom. The van der Waals surface area contributed by atoms with Crippen LogP contribution in [0.5, 0.6) is 5.75 Å². The van der Waals surface area contributed by atoms with E-state index in [4.69, 9.17) is 10.00 Å². The Morgan fingerprint density at radius 1 is 1.46 bits per heavy atom. The Hall–Kier alpha value is -2.81. The second-order valence-corrected chi connectivity index (χ2v) is 5.97. The van der Waals surface area contributed by atoms with Crippen molar-refractivity contribution in [3.05, 3.63) is 48.3 Å². The molecule has 2 atom stereocenters. The first-order chi connectivity index (χ1) is 11.7. The van der Waals surface area contributed by atoms with Gasteiger partial charge in [0.15, 0.2) is 6.10 Å². The molecule has 1 saturated heterocycles. The van der Waals surface area contributed by atoms with Crippen LogP contribution in [-0.2, 0) is 4.79 Å². The molecule has 1 fully saturated rings. The van der Waals surface area contributed by atoms with Crippen molar-refractivity contribution in [2.24, 2.45) is 0 Å². The Labute approximate surface area is 141 Å². The average Bonchev–Trinajstić information content (AvgIpc) is 3.16. The normalized spacial score (nSPS) is 18.7. The summed E-state index contributed by atoms with van der Waals surface area (Å²) in [6.45, 7) is 3.13. The molecule has 6 nitrogen and oxygen atoms in total. The molecule has 1 aliphatic rings. The Morgan fingerprint density at radius 2 is 2.33 bits per heavy atom. The molecule has 1 aromatic heterocycles. The molecular weight excluding hydrogens is 304 g/mol. The lowest BCUT2D eigenvalue weighted by Gasteiger charge is -2.34. The number of piperidine rings is 1. The maximum absolute atomic E-state index is 12.7. The van der Waals surface area contributed by atoms with Gasteiger partial charge in [-0.25, -0.2) is 0 Å². The molecular formula is C18H20N4O2. The molecule has 0 bridgehead atoms. The molecule has 2 aromatic rings. The fourth-order valence-corrected chi connectivity index (χ4v) is 3.02. The first-order valence-electron chi connectivity index (χ1n) is 8.12. The molecule has 6 heteroatoms. The van der Waals surface area contributed by atoms with Crippen molar-refractivity contribution in [1.29, 1.82) is 5.26 Å². The number of benzene rings is 1. The summed E-state index contributed by atoms with van der Waals surface area (Å²) in [6, 6.07) is 11.0. The number of hydrogen-bond donors (Lipinski definition) is 0. The molecule has 124 valence electrons. The van der Waals surface area contributed by atoms with Crippen molar-refractivity contribution in [2.45, 2.75) is 31.9 Å². The van der Waals surface area contributed by atoms with E-state index in [1.807, 2.05) is 21.8 Å². The van der Waals surface area contributed by atoms with Crippen molar-refractivity contribution < 1.29 is 9.53 Å². The number of likely N-dealkylation sites (tertiary alicyclic amines) is 1. The van der Waals surface area contributed by atoms with Gasteiger partial charge in [-0.15, -0.1) is 0 Å². The fourth-order valence-electron chi connectivity index (χ4n) is 3.02. The number of rotatable bonds is 4. The van der Waals surface area contributed by atoms with Crippen LogP contribution in [0.15, 0.2) is 42.7 Å². The molecule has 3 rings (SSSR count). The summed E-state index contributed by atoms with van der Waals surface area (Å²) in [5.74, 6) is 0.504. The highest BCUT2D eigenvalue weighted by Crippen LogP contribution is 2.22. The summed E-state index contributed by atoms with van der Waals surface area (Å²) in [4.78, 5) is 14.5. The van der Waals surface area contributed by atoms with Gasteiger partial charge >= 0.3 is 0 Å². The third kappa shape index (κ3) is 3.57. The number of hydrogen-bond acceptors (Lipinski definition) is 4. The van der Waals surface area contributed by atoms with Crippen molar-refractivity contribution in [2.75, 3.05) is 13.1 Å². The number of ether oxygens (including phenoxy) is 1. The average molecular weight is 324 g/mol. The standard InChI is InChI=1S/C18H20N4O2/c1-14(24-17-7-2-5-15(11-17)12-19)18(23)21-9-3-6-16(13-21)22-10-4-8-20-22/h2,4-5,7-8,10-11,14,16H,3,6,9,13H2,1H3/t14-,16-/m1/s1. The second kappa shape index (κ2) is 7.18. The van der Waals surface area contributed by atoms with Gasteiger partial charge in [-0.2, -0.15) is 10.4 Å². The smallest absolute Gasteiger partial charge is 0.263 e. The lowest BCUT2D eigenvalue weighted by molar-refractivity contribution is -0.139. The monoisotopic (exact) mass is 324 g/mol. The van der Waals surface area contributed by atoms with E-state index in [2.05, 4.69) is 11.2 Å². The maximum Gasteiger partial charge on any atom is 0.263 e. The van der Waals surface area contributed by atoms with E-state index >= 15 is 0 Å². The van der Waals surface area contributed by atoms with Crippen molar-refractivity contribution in [3.63, 3.8) is 0 Å². The minimum Gasteiger partial charge on any atom is -0.481 e. The van der Waals surface area contributed by atoms with Gasteiger partial charge in [-0.1, -0.05) is 6.07 Å². The number of nitriles is 1. The first kappa shape index (κ1) is 16.1. The molecule has 1 amide bonds. The minimum atomic E-state index is -0.588. The highest BCUT2D eigenvalue weighted by atomic mass is 16.5. The largest absolute Gasteiger partial charge is 0.481 e. The zero-order valence-electron chi connectivity index (χ0n) is 13.6. The van der Waals surface area contributed by atoms with Crippen LogP contribution in [-0.4, -0.2) is 39.8 Å². The van der Waals surface area contributed by atoms with Crippen LogP contribution >= 0.6 is 0 Å². The van der Waals surface area contributed by atoms with Crippen LogP contribution in [0.4, 0.5) is 0 Å². The van der Waals surface area contributed by atoms with Crippen molar-refractivity contribution in [3.8, 4) is 11.8 Å². The maximum atomic E-state index is 12.7. The number of carbonyl (C=O) groups excluding carboxylic acids is 1. The summed E-state index contributed by atoms with van der Waals surface area (Å²) in [6.07, 6.45) is 5.08. The van der Waals surface area contributed by atoms with E-state index < -0.39 is 6.10 Å². The summed E-state index contributed by atoms with van der Waals surface area (Å²) >= 11 is 0. The van der Waals surface area contributed by atoms with Gasteiger partial charge in [0.05, 0.1) is 17.7 Å². The topological polar surface area (TPSA) is 71.2 Å². The lowest BCUT2D eigenvalue weighted by atomic mass is 10.1. The van der Waals surface area contributed by atoms with Gasteiger partial charge in [0.2, 0.25) is 0 Å². The highest BCUT2D eigenvalue weighted by Gasteiger charge is 2.28. The van der Waals surface area contributed by atoms with Gasteiger partial charge in [0.25, 0.3) is 5.91 Å². The van der Waals surface area contributed by atoms with E-state index in [1.165, 1.54) is 0 Å². The van der Waals surface area contributed by atoms with Crippen molar-refractivity contribution in [1.82, 2.24) is 14.7 Å². The van der Waals surface area contributed by atoms with Crippen molar-refractivity contribution >= 4 is 5.91 Å². The summed E-state index contributed by atoms with van der Waals surface area (Å²) < 4.78 is 7.65. The molecule has 0 saturated carbocycles. The number of nitrogens with zero attached hydrogens (tertiary/aromatic N) is 4. The summed E-state index contributed by atoms with van der Waals surface area (Å²) in [5.41, 5.74) is 0.517. The SMILES string of the molecule is C[C@@H](Oc1cccc(C#N)c1)C(=O)N1CCC[C@@H](n2cccn2)C1. The van der Waals surface area contributed by atoms with E-state index in [0.717, 1.165) is 19.4 Å².